The number of rotatable bonds is 29. The van der Waals surface area contributed by atoms with E-state index in [1.165, 1.54) is 0 Å². The van der Waals surface area contributed by atoms with E-state index in [1.807, 2.05) is 51.2 Å². The van der Waals surface area contributed by atoms with Crippen LogP contribution in [0.3, 0.4) is 0 Å². The summed E-state index contributed by atoms with van der Waals surface area (Å²) in [7, 11) is 1.96. The molecule has 16 heteroatoms. The van der Waals surface area contributed by atoms with Gasteiger partial charge in [-0.3, -0.25) is 25.3 Å². The molecule has 1 saturated carbocycles. The zero-order valence-electron chi connectivity index (χ0n) is 38.9. The molecule has 1 saturated heterocycles. The highest BCUT2D eigenvalue weighted by Gasteiger charge is 2.37. The molecule has 1 aromatic rings. The minimum absolute atomic E-state index is 0.101. The minimum atomic E-state index is -2.68. The first-order chi connectivity index (χ1) is 30.5. The summed E-state index contributed by atoms with van der Waals surface area (Å²) in [6, 6.07) is 9.40. The SMILES string of the molecule is C#CCOCCOCCOCCOCCN1CCN(CCCNC(=O)CCC(=N)N(CCN(C)CCC(NC(=O)C2CCC(F)(F)CC2)c2ccccc2)C(C)=N)CC1.C=C.CC. The van der Waals surface area contributed by atoms with Crippen molar-refractivity contribution in [3.63, 3.8) is 0 Å². The molecular formula is C47H80F2N8O6. The quantitative estimate of drug-likeness (QED) is 0.0259. The van der Waals surface area contributed by atoms with E-state index in [1.54, 1.807) is 11.8 Å². The first-order valence-electron chi connectivity index (χ1n) is 22.7. The maximum Gasteiger partial charge on any atom is 0.248 e. The van der Waals surface area contributed by atoms with Crippen LogP contribution in [0.4, 0.5) is 8.78 Å². The normalized spacial score (nSPS) is 15.8. The van der Waals surface area contributed by atoms with Crippen LogP contribution in [0.1, 0.15) is 83.7 Å². The highest BCUT2D eigenvalue weighted by Crippen LogP contribution is 2.36. The Kier molecular flexibility index (Phi) is 32.2. The summed E-state index contributed by atoms with van der Waals surface area (Å²) in [6.45, 7) is 23.6. The third kappa shape index (κ3) is 26.5. The van der Waals surface area contributed by atoms with Gasteiger partial charge in [0.05, 0.1) is 58.1 Å². The number of amidine groups is 2. The third-order valence-electron chi connectivity index (χ3n) is 10.7. The number of ether oxygens (including phenoxy) is 4. The van der Waals surface area contributed by atoms with Gasteiger partial charge in [-0.25, -0.2) is 8.78 Å². The lowest BCUT2D eigenvalue weighted by Crippen LogP contribution is -2.47. The van der Waals surface area contributed by atoms with Gasteiger partial charge in [-0.15, -0.1) is 19.6 Å². The number of nitrogens with zero attached hydrogens (tertiary/aromatic N) is 4. The number of halogens is 2. The average molecular weight is 891 g/mol. The van der Waals surface area contributed by atoms with Gasteiger partial charge in [-0.05, 0) is 51.8 Å². The number of carbonyl (C=O) groups excluding carboxylic acids is 2. The predicted octanol–water partition coefficient (Wildman–Crippen LogP) is 5.70. The molecule has 4 N–H and O–H groups in total. The molecular weight excluding hydrogens is 811 g/mol. The van der Waals surface area contributed by atoms with Crippen LogP contribution in [0, 0.1) is 29.1 Å². The fourth-order valence-corrected chi connectivity index (χ4v) is 7.04. The zero-order valence-corrected chi connectivity index (χ0v) is 38.9. The summed E-state index contributed by atoms with van der Waals surface area (Å²) in [5.41, 5.74) is 0.959. The first-order valence-corrected chi connectivity index (χ1v) is 22.7. The molecule has 2 aliphatic rings. The van der Waals surface area contributed by atoms with Crippen molar-refractivity contribution in [2.24, 2.45) is 5.92 Å². The molecule has 0 bridgehead atoms. The van der Waals surface area contributed by atoms with Gasteiger partial charge in [-0.2, -0.15) is 0 Å². The number of terminal acetylenes is 1. The van der Waals surface area contributed by atoms with Crippen molar-refractivity contribution in [1.29, 1.82) is 10.8 Å². The van der Waals surface area contributed by atoms with Crippen LogP contribution in [-0.2, 0) is 28.5 Å². The van der Waals surface area contributed by atoms with Gasteiger partial charge in [0.25, 0.3) is 0 Å². The van der Waals surface area contributed by atoms with Crippen LogP contribution < -0.4 is 10.6 Å². The van der Waals surface area contributed by atoms with E-state index in [9.17, 15) is 18.4 Å². The number of hydrogen-bond donors (Lipinski definition) is 4. The molecule has 1 aliphatic heterocycles. The van der Waals surface area contributed by atoms with E-state index in [0.29, 0.717) is 85.5 Å². The van der Waals surface area contributed by atoms with Crippen molar-refractivity contribution in [3.05, 3.63) is 49.1 Å². The second-order valence-corrected chi connectivity index (χ2v) is 15.4. The average Bonchev–Trinajstić information content (AvgIpc) is 3.29. The molecule has 2 fully saturated rings. The Hall–Kier alpha value is -3.82. The summed E-state index contributed by atoms with van der Waals surface area (Å²) in [4.78, 5) is 34.2. The zero-order chi connectivity index (χ0) is 46.7. The first kappa shape index (κ1) is 57.2. The minimum Gasteiger partial charge on any atom is -0.378 e. The number of hydrogen-bond acceptors (Lipinski definition) is 11. The Morgan fingerprint density at radius 1 is 0.873 bits per heavy atom. The Morgan fingerprint density at radius 3 is 2.00 bits per heavy atom. The standard InChI is InChI=1S/C43H70F2N8O6.C2H6.C2H4/c1-4-28-56-30-32-58-34-35-59-33-31-57-29-27-52-24-22-51(23-25-52)19-8-18-48-41(54)12-11-40(47)53(36(2)46)26-21-50(3)20-15-39(37-9-6-5-7-10-37)49-42(55)38-13-16-43(44,45)17-14-38;2*1-2/h1,5-7,9-10,38-39,46-47H,8,11-35H2,2-3H3,(H,48,54)(H,49,55);1-2H3;1-2H2. The summed E-state index contributed by atoms with van der Waals surface area (Å²) in [6.07, 6.45) is 6.86. The lowest BCUT2D eigenvalue weighted by atomic mass is 9.86. The fourth-order valence-electron chi connectivity index (χ4n) is 7.04. The molecule has 1 unspecified atom stereocenters. The molecule has 1 atom stereocenters. The summed E-state index contributed by atoms with van der Waals surface area (Å²) in [5, 5.41) is 23.0. The van der Waals surface area contributed by atoms with E-state index in [-0.39, 0.29) is 68.1 Å². The van der Waals surface area contributed by atoms with E-state index in [2.05, 4.69) is 44.4 Å². The maximum atomic E-state index is 13.7. The molecule has 1 heterocycles. The molecule has 0 spiro atoms. The Bertz CT molecular complexity index is 1420. The second kappa shape index (κ2) is 35.5. The molecule has 14 nitrogen and oxygen atoms in total. The number of likely N-dealkylation sites (N-methyl/N-ethyl adjacent to an activating group) is 1. The van der Waals surface area contributed by atoms with E-state index in [4.69, 9.17) is 36.2 Å². The Labute approximate surface area is 377 Å². The highest BCUT2D eigenvalue weighted by molar-refractivity contribution is 5.98. The Morgan fingerprint density at radius 2 is 1.43 bits per heavy atom. The van der Waals surface area contributed by atoms with Gasteiger partial charge >= 0.3 is 0 Å². The predicted molar refractivity (Wildman–Crippen MR) is 249 cm³/mol. The number of nitrogens with one attached hydrogen (secondary N) is 4. The van der Waals surface area contributed by atoms with E-state index < -0.39 is 11.8 Å². The molecule has 0 aromatic heterocycles. The third-order valence-corrected chi connectivity index (χ3v) is 10.7. The van der Waals surface area contributed by atoms with Crippen LogP contribution in [0.15, 0.2) is 43.5 Å². The lowest BCUT2D eigenvalue weighted by molar-refractivity contribution is -0.130. The van der Waals surface area contributed by atoms with E-state index >= 15 is 0 Å². The van der Waals surface area contributed by atoms with Crippen molar-refractivity contribution in [3.8, 4) is 12.3 Å². The molecule has 0 radical (unpaired) electrons. The van der Waals surface area contributed by atoms with Crippen molar-refractivity contribution in [2.45, 2.75) is 84.1 Å². The monoisotopic (exact) mass is 891 g/mol. The molecule has 1 aliphatic carbocycles. The van der Waals surface area contributed by atoms with Crippen LogP contribution in [0.2, 0.25) is 0 Å². The van der Waals surface area contributed by atoms with Crippen molar-refractivity contribution in [1.82, 2.24) is 30.2 Å². The van der Waals surface area contributed by atoms with Gasteiger partial charge in [0.1, 0.15) is 12.4 Å². The molecule has 2 amide bonds. The largest absolute Gasteiger partial charge is 0.378 e. The molecule has 358 valence electrons. The summed E-state index contributed by atoms with van der Waals surface area (Å²) >= 11 is 0. The number of alkyl halides is 2. The number of piperazine rings is 1. The smallest absolute Gasteiger partial charge is 0.248 e. The highest BCUT2D eigenvalue weighted by atomic mass is 19.3. The number of benzene rings is 1. The number of carbonyl (C=O) groups is 2. The second-order valence-electron chi connectivity index (χ2n) is 15.4. The summed E-state index contributed by atoms with van der Waals surface area (Å²) in [5.74, 6) is -0.492. The van der Waals surface area contributed by atoms with Crippen LogP contribution in [0.5, 0.6) is 0 Å². The lowest BCUT2D eigenvalue weighted by Gasteiger charge is -2.34. The van der Waals surface area contributed by atoms with Crippen molar-refractivity contribution >= 4 is 23.5 Å². The van der Waals surface area contributed by atoms with Crippen LogP contribution in [-0.4, -0.2) is 174 Å². The summed E-state index contributed by atoms with van der Waals surface area (Å²) < 4.78 is 49.2. The maximum absolute atomic E-state index is 13.7. The fraction of sp³-hybridized carbons (Fsp3) is 0.702. The van der Waals surface area contributed by atoms with Gasteiger partial charge in [0.2, 0.25) is 17.7 Å². The van der Waals surface area contributed by atoms with Gasteiger partial charge in [-0.1, -0.05) is 50.1 Å². The van der Waals surface area contributed by atoms with Crippen LogP contribution in [0.25, 0.3) is 0 Å². The Balaban J connectivity index is 0.00000481. The van der Waals surface area contributed by atoms with Gasteiger partial charge in [0, 0.05) is 90.5 Å². The van der Waals surface area contributed by atoms with Crippen molar-refractivity contribution < 1.29 is 37.3 Å². The van der Waals surface area contributed by atoms with Gasteiger partial charge < -0.3 is 44.3 Å². The van der Waals surface area contributed by atoms with E-state index in [0.717, 1.165) is 51.3 Å². The molecule has 3 rings (SSSR count). The van der Waals surface area contributed by atoms with Crippen LogP contribution >= 0.6 is 0 Å². The number of amides is 2. The molecule has 63 heavy (non-hydrogen) atoms. The van der Waals surface area contributed by atoms with Gasteiger partial charge in [0.15, 0.2) is 0 Å². The van der Waals surface area contributed by atoms with Crippen molar-refractivity contribution in [2.75, 3.05) is 125 Å². The topological polar surface area (TPSA) is 156 Å². The molecule has 1 aromatic carbocycles.